The molecule has 0 aromatic carbocycles. The van der Waals surface area contributed by atoms with Crippen molar-refractivity contribution in [1.29, 1.82) is 0 Å². The van der Waals surface area contributed by atoms with Gasteiger partial charge in [-0.2, -0.15) is 0 Å². The number of carboxylic acid groups (broad SMARTS) is 3. The minimum absolute atomic E-state index is 0.289. The molecule has 10 nitrogen and oxygen atoms in total. The van der Waals surface area contributed by atoms with Crippen molar-refractivity contribution in [2.75, 3.05) is 6.54 Å². The standard InChI is InChI=1S/C9H15N3O7/c10-4(7(15)16)3-11-9(19)12-5(8(17)18)1-2-6(13)14/h4-5H,1-3,10H2,(H,13,14)(H,15,16)(H,17,18)(H2,11,12,19). The van der Waals surface area contributed by atoms with Crippen LogP contribution < -0.4 is 16.4 Å². The molecule has 0 aliphatic rings. The van der Waals surface area contributed by atoms with E-state index in [1.807, 2.05) is 5.32 Å². The van der Waals surface area contributed by atoms with E-state index in [0.29, 0.717) is 0 Å². The molecule has 0 saturated carbocycles. The molecular weight excluding hydrogens is 262 g/mol. The molecule has 0 bridgehead atoms. The van der Waals surface area contributed by atoms with Crippen molar-refractivity contribution in [3.8, 4) is 0 Å². The smallest absolute Gasteiger partial charge is 0.326 e. The maximum Gasteiger partial charge on any atom is 0.326 e. The highest BCUT2D eigenvalue weighted by molar-refractivity contribution is 5.83. The Morgan fingerprint density at radius 1 is 1.05 bits per heavy atom. The molecule has 2 unspecified atom stereocenters. The Kier molecular flexibility index (Phi) is 6.89. The van der Waals surface area contributed by atoms with E-state index in [-0.39, 0.29) is 13.0 Å². The SMILES string of the molecule is NC(CNC(=O)NC(CCC(=O)O)C(=O)O)C(=O)O. The van der Waals surface area contributed by atoms with Crippen molar-refractivity contribution in [2.24, 2.45) is 5.73 Å². The molecule has 108 valence electrons. The van der Waals surface area contributed by atoms with E-state index in [9.17, 15) is 19.2 Å². The average Bonchev–Trinajstić information content (AvgIpc) is 2.30. The Balaban J connectivity index is 4.20. The van der Waals surface area contributed by atoms with Crippen LogP contribution in [0.25, 0.3) is 0 Å². The summed E-state index contributed by atoms with van der Waals surface area (Å²) in [6, 6.07) is -3.63. The number of hydrogen-bond acceptors (Lipinski definition) is 5. The molecule has 7 N–H and O–H groups in total. The Hall–Kier alpha value is -2.36. The number of carbonyl (C=O) groups is 4. The number of carbonyl (C=O) groups excluding carboxylic acids is 1. The van der Waals surface area contributed by atoms with Crippen LogP contribution in [0, 0.1) is 0 Å². The van der Waals surface area contributed by atoms with Crippen molar-refractivity contribution in [3.63, 3.8) is 0 Å². The van der Waals surface area contributed by atoms with E-state index in [0.717, 1.165) is 0 Å². The van der Waals surface area contributed by atoms with Gasteiger partial charge in [0.2, 0.25) is 0 Å². The van der Waals surface area contributed by atoms with Gasteiger partial charge in [-0.3, -0.25) is 9.59 Å². The second-order valence-corrected chi connectivity index (χ2v) is 3.62. The number of aliphatic carboxylic acids is 3. The summed E-state index contributed by atoms with van der Waals surface area (Å²) < 4.78 is 0. The topological polar surface area (TPSA) is 179 Å². The third-order valence-corrected chi connectivity index (χ3v) is 2.05. The zero-order valence-corrected chi connectivity index (χ0v) is 9.83. The summed E-state index contributed by atoms with van der Waals surface area (Å²) in [5, 5.41) is 29.7. The number of amides is 2. The van der Waals surface area contributed by atoms with Gasteiger partial charge in [0.25, 0.3) is 0 Å². The summed E-state index contributed by atoms with van der Waals surface area (Å²) in [7, 11) is 0. The number of rotatable bonds is 8. The summed E-state index contributed by atoms with van der Waals surface area (Å²) in [5.41, 5.74) is 5.12. The molecule has 0 rings (SSSR count). The number of nitrogens with one attached hydrogen (secondary N) is 2. The minimum Gasteiger partial charge on any atom is -0.481 e. The van der Waals surface area contributed by atoms with Gasteiger partial charge < -0.3 is 31.7 Å². The van der Waals surface area contributed by atoms with Crippen LogP contribution >= 0.6 is 0 Å². The molecule has 0 aliphatic heterocycles. The number of urea groups is 1. The molecule has 0 aromatic rings. The third-order valence-electron chi connectivity index (χ3n) is 2.05. The molecule has 0 aliphatic carbocycles. The number of carboxylic acids is 3. The van der Waals surface area contributed by atoms with Crippen LogP contribution in [0.3, 0.4) is 0 Å². The molecule has 0 saturated heterocycles. The van der Waals surface area contributed by atoms with Crippen molar-refractivity contribution in [1.82, 2.24) is 10.6 Å². The molecule has 0 aromatic heterocycles. The first-order valence-electron chi connectivity index (χ1n) is 5.21. The minimum atomic E-state index is -1.39. The largest absolute Gasteiger partial charge is 0.481 e. The Bertz CT molecular complexity index is 371. The fourth-order valence-corrected chi connectivity index (χ4v) is 1.02. The van der Waals surface area contributed by atoms with Gasteiger partial charge in [0.05, 0.1) is 0 Å². The van der Waals surface area contributed by atoms with Crippen LogP contribution in [0.2, 0.25) is 0 Å². The second-order valence-electron chi connectivity index (χ2n) is 3.62. The van der Waals surface area contributed by atoms with Crippen LogP contribution in [0.15, 0.2) is 0 Å². The lowest BCUT2D eigenvalue weighted by atomic mass is 10.1. The molecule has 0 spiro atoms. The highest BCUT2D eigenvalue weighted by atomic mass is 16.4. The van der Waals surface area contributed by atoms with Gasteiger partial charge in [0.1, 0.15) is 12.1 Å². The summed E-state index contributed by atoms with van der Waals surface area (Å²) >= 11 is 0. The van der Waals surface area contributed by atoms with Gasteiger partial charge in [0, 0.05) is 13.0 Å². The van der Waals surface area contributed by atoms with E-state index in [1.54, 1.807) is 0 Å². The maximum atomic E-state index is 11.2. The summed E-state index contributed by atoms with van der Waals surface area (Å²) in [4.78, 5) is 42.7. The van der Waals surface area contributed by atoms with Crippen LogP contribution in [-0.2, 0) is 14.4 Å². The molecule has 2 atom stereocenters. The summed E-state index contributed by atoms with van der Waals surface area (Å²) in [6.45, 7) is -0.383. The van der Waals surface area contributed by atoms with Crippen molar-refractivity contribution in [2.45, 2.75) is 24.9 Å². The number of nitrogens with two attached hydrogens (primary N) is 1. The van der Waals surface area contributed by atoms with Gasteiger partial charge in [-0.25, -0.2) is 9.59 Å². The lowest BCUT2D eigenvalue weighted by Crippen LogP contribution is -2.50. The summed E-state index contributed by atoms with van der Waals surface area (Å²) in [5.74, 6) is -3.90. The third kappa shape index (κ3) is 7.54. The summed E-state index contributed by atoms with van der Waals surface area (Å²) in [6.07, 6.45) is -0.713. The molecule has 0 radical (unpaired) electrons. The first-order valence-corrected chi connectivity index (χ1v) is 5.21. The Morgan fingerprint density at radius 3 is 2.05 bits per heavy atom. The lowest BCUT2D eigenvalue weighted by molar-refractivity contribution is -0.141. The van der Waals surface area contributed by atoms with E-state index in [4.69, 9.17) is 21.1 Å². The predicted molar refractivity (Wildman–Crippen MR) is 60.4 cm³/mol. The van der Waals surface area contributed by atoms with Crippen molar-refractivity contribution < 1.29 is 34.5 Å². The van der Waals surface area contributed by atoms with Crippen LogP contribution in [0.1, 0.15) is 12.8 Å². The van der Waals surface area contributed by atoms with Gasteiger partial charge in [-0.1, -0.05) is 0 Å². The Morgan fingerprint density at radius 2 is 1.63 bits per heavy atom. The van der Waals surface area contributed by atoms with Crippen molar-refractivity contribution in [3.05, 3.63) is 0 Å². The fourth-order valence-electron chi connectivity index (χ4n) is 1.02. The highest BCUT2D eigenvalue weighted by Gasteiger charge is 2.21. The van der Waals surface area contributed by atoms with Crippen LogP contribution in [-0.4, -0.2) is 57.9 Å². The lowest BCUT2D eigenvalue weighted by Gasteiger charge is -2.15. The first kappa shape index (κ1) is 16.6. The zero-order valence-electron chi connectivity index (χ0n) is 9.83. The van der Waals surface area contributed by atoms with Gasteiger partial charge in [-0.05, 0) is 6.42 Å². The van der Waals surface area contributed by atoms with Gasteiger partial charge in [0.15, 0.2) is 0 Å². The van der Waals surface area contributed by atoms with Crippen LogP contribution in [0.5, 0.6) is 0 Å². The van der Waals surface area contributed by atoms with E-state index in [2.05, 4.69) is 5.32 Å². The predicted octanol–water partition coefficient (Wildman–Crippen LogP) is -1.98. The normalized spacial score (nSPS) is 13.1. The highest BCUT2D eigenvalue weighted by Crippen LogP contribution is 1.97. The van der Waals surface area contributed by atoms with E-state index in [1.165, 1.54) is 0 Å². The molecule has 10 heteroatoms. The molecule has 0 fully saturated rings. The molecule has 19 heavy (non-hydrogen) atoms. The zero-order chi connectivity index (χ0) is 15.0. The quantitative estimate of drug-likeness (QED) is 0.295. The maximum absolute atomic E-state index is 11.2. The number of hydrogen-bond donors (Lipinski definition) is 6. The second kappa shape index (κ2) is 7.87. The molecule has 2 amide bonds. The first-order chi connectivity index (χ1) is 8.73. The van der Waals surface area contributed by atoms with E-state index >= 15 is 0 Å². The van der Waals surface area contributed by atoms with E-state index < -0.39 is 42.4 Å². The van der Waals surface area contributed by atoms with Gasteiger partial charge in [-0.15, -0.1) is 0 Å². The fraction of sp³-hybridized carbons (Fsp3) is 0.556. The van der Waals surface area contributed by atoms with Crippen molar-refractivity contribution >= 4 is 23.9 Å². The van der Waals surface area contributed by atoms with Gasteiger partial charge >= 0.3 is 23.9 Å². The Labute approximate surface area is 107 Å². The average molecular weight is 277 g/mol. The molecular formula is C9H15N3O7. The van der Waals surface area contributed by atoms with Crippen LogP contribution in [0.4, 0.5) is 4.79 Å². The molecule has 0 heterocycles. The monoisotopic (exact) mass is 277 g/mol.